The summed E-state index contributed by atoms with van der Waals surface area (Å²) in [5, 5.41) is 3.27. The summed E-state index contributed by atoms with van der Waals surface area (Å²) in [5.41, 5.74) is 2.58. The van der Waals surface area contributed by atoms with Gasteiger partial charge in [-0.15, -0.1) is 0 Å². The van der Waals surface area contributed by atoms with Gasteiger partial charge in [0, 0.05) is 43.6 Å². The summed E-state index contributed by atoms with van der Waals surface area (Å²) in [7, 11) is 0. The number of nitrogens with one attached hydrogen (secondary N) is 1. The summed E-state index contributed by atoms with van der Waals surface area (Å²) in [6.45, 7) is 12.3. The third-order valence-corrected chi connectivity index (χ3v) is 4.40. The minimum Gasteiger partial charge on any atom is -0.444 e. The second kappa shape index (κ2) is 8.04. The Morgan fingerprint density at radius 1 is 1.04 bits per heavy atom. The molecule has 150 valence electrons. The van der Waals surface area contributed by atoms with E-state index in [4.69, 9.17) is 4.74 Å². The first-order valence-corrected chi connectivity index (χ1v) is 9.62. The van der Waals surface area contributed by atoms with E-state index in [0.29, 0.717) is 32.1 Å². The number of anilines is 3. The molecular weight excluding hydrogens is 354 g/mol. The number of nitrogens with zero attached hydrogens (tertiary/aromatic N) is 4. The standard InChI is InChI=1S/C21H29N5O2/c1-15-6-8-17(9-7-15)23-19-22-16(2)14-18(24-19)25-10-12-26(13-11-25)20(27)28-21(3,4)5/h6-9,14H,10-13H2,1-5H3,(H,22,23,24). The predicted molar refractivity (Wildman–Crippen MR) is 111 cm³/mol. The SMILES string of the molecule is Cc1ccc(Nc2nc(C)cc(N3CCN(C(=O)OC(C)(C)C)CC3)n2)cc1. The summed E-state index contributed by atoms with van der Waals surface area (Å²) in [4.78, 5) is 25.3. The molecular formula is C21H29N5O2. The Bertz CT molecular complexity index is 822. The minimum absolute atomic E-state index is 0.257. The molecule has 0 spiro atoms. The first-order valence-electron chi connectivity index (χ1n) is 9.62. The van der Waals surface area contributed by atoms with Crippen LogP contribution in [0.2, 0.25) is 0 Å². The molecule has 2 heterocycles. The second-order valence-electron chi connectivity index (χ2n) is 8.14. The Morgan fingerprint density at radius 3 is 2.29 bits per heavy atom. The van der Waals surface area contributed by atoms with Crippen molar-refractivity contribution in [2.45, 2.75) is 40.2 Å². The zero-order valence-electron chi connectivity index (χ0n) is 17.3. The number of carbonyl (C=O) groups is 1. The van der Waals surface area contributed by atoms with Crippen LogP contribution in [0.25, 0.3) is 0 Å². The lowest BCUT2D eigenvalue weighted by Crippen LogP contribution is -2.50. The monoisotopic (exact) mass is 383 g/mol. The number of hydrogen-bond acceptors (Lipinski definition) is 6. The zero-order chi connectivity index (χ0) is 20.3. The van der Waals surface area contributed by atoms with Gasteiger partial charge in [0.2, 0.25) is 5.95 Å². The first kappa shape index (κ1) is 19.9. The zero-order valence-corrected chi connectivity index (χ0v) is 17.3. The quantitative estimate of drug-likeness (QED) is 0.867. The maximum Gasteiger partial charge on any atom is 0.410 e. The molecule has 0 aliphatic carbocycles. The fourth-order valence-electron chi connectivity index (χ4n) is 2.98. The van der Waals surface area contributed by atoms with Crippen molar-refractivity contribution in [2.24, 2.45) is 0 Å². The maximum absolute atomic E-state index is 12.2. The Labute approximate surface area is 166 Å². The van der Waals surface area contributed by atoms with Crippen molar-refractivity contribution >= 4 is 23.5 Å². The number of hydrogen-bond donors (Lipinski definition) is 1. The Morgan fingerprint density at radius 2 is 1.68 bits per heavy atom. The topological polar surface area (TPSA) is 70.6 Å². The maximum atomic E-state index is 12.2. The summed E-state index contributed by atoms with van der Waals surface area (Å²) < 4.78 is 5.46. The van der Waals surface area contributed by atoms with Crippen LogP contribution in [0, 0.1) is 13.8 Å². The number of amides is 1. The van der Waals surface area contributed by atoms with Crippen LogP contribution < -0.4 is 10.2 Å². The molecule has 2 aromatic rings. The number of benzene rings is 1. The smallest absolute Gasteiger partial charge is 0.410 e. The molecule has 7 nitrogen and oxygen atoms in total. The molecule has 1 aliphatic rings. The molecule has 0 unspecified atom stereocenters. The average Bonchev–Trinajstić information content (AvgIpc) is 2.62. The van der Waals surface area contributed by atoms with Crippen molar-refractivity contribution in [3.05, 3.63) is 41.6 Å². The predicted octanol–water partition coefficient (Wildman–Crippen LogP) is 3.89. The van der Waals surface area contributed by atoms with E-state index < -0.39 is 5.60 Å². The van der Waals surface area contributed by atoms with Gasteiger partial charge >= 0.3 is 6.09 Å². The Hall–Kier alpha value is -2.83. The van der Waals surface area contributed by atoms with Gasteiger partial charge < -0.3 is 19.9 Å². The third-order valence-electron chi connectivity index (χ3n) is 4.40. The number of aryl methyl sites for hydroxylation is 2. The molecule has 0 bridgehead atoms. The Balaban J connectivity index is 1.65. The van der Waals surface area contributed by atoms with Gasteiger partial charge in [0.25, 0.3) is 0 Å². The molecule has 3 rings (SSSR count). The van der Waals surface area contributed by atoms with Gasteiger partial charge in [-0.1, -0.05) is 17.7 Å². The number of carbonyl (C=O) groups excluding carboxylic acids is 1. The van der Waals surface area contributed by atoms with Crippen LogP contribution in [0.1, 0.15) is 32.0 Å². The summed E-state index contributed by atoms with van der Waals surface area (Å²) in [6, 6.07) is 10.1. The summed E-state index contributed by atoms with van der Waals surface area (Å²) >= 11 is 0. The molecule has 28 heavy (non-hydrogen) atoms. The van der Waals surface area contributed by atoms with Crippen LogP contribution in [-0.4, -0.2) is 52.7 Å². The van der Waals surface area contributed by atoms with Crippen molar-refractivity contribution < 1.29 is 9.53 Å². The molecule has 1 fully saturated rings. The lowest BCUT2D eigenvalue weighted by molar-refractivity contribution is 0.0240. The largest absolute Gasteiger partial charge is 0.444 e. The summed E-state index contributed by atoms with van der Waals surface area (Å²) in [6.07, 6.45) is -0.257. The second-order valence-corrected chi connectivity index (χ2v) is 8.14. The summed E-state index contributed by atoms with van der Waals surface area (Å²) in [5.74, 6) is 1.44. The van der Waals surface area contributed by atoms with Gasteiger partial charge in [0.05, 0.1) is 0 Å². The highest BCUT2D eigenvalue weighted by atomic mass is 16.6. The molecule has 1 aliphatic heterocycles. The van der Waals surface area contributed by atoms with Crippen LogP contribution in [0.15, 0.2) is 30.3 Å². The number of piperazine rings is 1. The van der Waals surface area contributed by atoms with Gasteiger partial charge in [-0.2, -0.15) is 4.98 Å². The van der Waals surface area contributed by atoms with Crippen molar-refractivity contribution in [3.63, 3.8) is 0 Å². The van der Waals surface area contributed by atoms with E-state index in [-0.39, 0.29) is 6.09 Å². The average molecular weight is 383 g/mol. The van der Waals surface area contributed by atoms with E-state index in [1.807, 2.05) is 45.9 Å². The molecule has 0 radical (unpaired) electrons. The van der Waals surface area contributed by atoms with Gasteiger partial charge in [-0.25, -0.2) is 9.78 Å². The van der Waals surface area contributed by atoms with Crippen LogP contribution >= 0.6 is 0 Å². The van der Waals surface area contributed by atoms with Crippen molar-refractivity contribution in [1.82, 2.24) is 14.9 Å². The van der Waals surface area contributed by atoms with Crippen molar-refractivity contribution in [3.8, 4) is 0 Å². The van der Waals surface area contributed by atoms with Gasteiger partial charge in [-0.05, 0) is 46.8 Å². The van der Waals surface area contributed by atoms with Gasteiger partial charge in [0.1, 0.15) is 11.4 Å². The fourth-order valence-corrected chi connectivity index (χ4v) is 2.98. The molecule has 0 atom stereocenters. The van der Waals surface area contributed by atoms with Crippen LogP contribution in [0.5, 0.6) is 0 Å². The van der Waals surface area contributed by atoms with E-state index in [0.717, 1.165) is 17.2 Å². The van der Waals surface area contributed by atoms with Gasteiger partial charge in [0.15, 0.2) is 0 Å². The van der Waals surface area contributed by atoms with Crippen LogP contribution in [0.4, 0.5) is 22.2 Å². The van der Waals surface area contributed by atoms with Crippen molar-refractivity contribution in [1.29, 1.82) is 0 Å². The van der Waals surface area contributed by atoms with Crippen LogP contribution in [0.3, 0.4) is 0 Å². The highest BCUT2D eigenvalue weighted by molar-refractivity contribution is 5.68. The minimum atomic E-state index is -0.478. The van der Waals surface area contributed by atoms with Gasteiger partial charge in [-0.3, -0.25) is 0 Å². The number of rotatable bonds is 3. The fraction of sp³-hybridized carbons (Fsp3) is 0.476. The van der Waals surface area contributed by atoms with E-state index in [9.17, 15) is 4.79 Å². The van der Waals surface area contributed by atoms with Crippen molar-refractivity contribution in [2.75, 3.05) is 36.4 Å². The molecule has 7 heteroatoms. The Kier molecular flexibility index (Phi) is 5.72. The molecule has 1 aromatic carbocycles. The molecule has 1 aromatic heterocycles. The van der Waals surface area contributed by atoms with E-state index in [1.54, 1.807) is 4.90 Å². The first-order chi connectivity index (χ1) is 13.2. The van der Waals surface area contributed by atoms with E-state index in [1.165, 1.54) is 5.56 Å². The number of ether oxygens (including phenoxy) is 1. The van der Waals surface area contributed by atoms with E-state index in [2.05, 4.69) is 39.2 Å². The number of aromatic nitrogens is 2. The third kappa shape index (κ3) is 5.34. The molecule has 1 amide bonds. The lowest BCUT2D eigenvalue weighted by atomic mass is 10.2. The highest BCUT2D eigenvalue weighted by Crippen LogP contribution is 2.20. The van der Waals surface area contributed by atoms with Crippen LogP contribution in [-0.2, 0) is 4.74 Å². The molecule has 1 N–H and O–H groups in total. The normalized spacial score (nSPS) is 14.8. The van der Waals surface area contributed by atoms with E-state index >= 15 is 0 Å². The lowest BCUT2D eigenvalue weighted by Gasteiger charge is -2.36. The highest BCUT2D eigenvalue weighted by Gasteiger charge is 2.26. The molecule has 0 saturated carbocycles. The molecule has 1 saturated heterocycles.